The molecule has 0 bridgehead atoms. The van der Waals surface area contributed by atoms with Crippen LogP contribution in [0.25, 0.3) is 0 Å². The maximum absolute atomic E-state index is 8.85. The molecule has 0 aromatic carbocycles. The molecule has 0 spiro atoms. The molecular weight excluding hydrogens is 252 g/mol. The maximum Gasteiger partial charge on any atom is 0.174 e. The summed E-state index contributed by atoms with van der Waals surface area (Å²) in [4.78, 5) is 0. The summed E-state index contributed by atoms with van der Waals surface area (Å²) >= 11 is 1.73. The van der Waals surface area contributed by atoms with Gasteiger partial charge in [0.15, 0.2) is 5.84 Å². The zero-order chi connectivity index (χ0) is 13.1. The second-order valence-corrected chi connectivity index (χ2v) is 5.59. The highest BCUT2D eigenvalue weighted by Crippen LogP contribution is 2.32. The quantitative estimate of drug-likeness (QED) is 0.372. The van der Waals surface area contributed by atoms with Gasteiger partial charge in [0.25, 0.3) is 0 Å². The van der Waals surface area contributed by atoms with E-state index in [1.807, 2.05) is 14.0 Å². The van der Waals surface area contributed by atoms with Crippen LogP contribution in [0.1, 0.15) is 24.1 Å². The average molecular weight is 270 g/mol. The molecular formula is C11H18N4O2S. The fourth-order valence-electron chi connectivity index (χ4n) is 2.07. The van der Waals surface area contributed by atoms with Gasteiger partial charge in [0, 0.05) is 25.5 Å². The Bertz CT molecular complexity index is 452. The van der Waals surface area contributed by atoms with Crippen LogP contribution < -0.4 is 5.73 Å². The van der Waals surface area contributed by atoms with Gasteiger partial charge in [-0.2, -0.15) is 5.10 Å². The molecule has 2 rings (SSSR count). The smallest absolute Gasteiger partial charge is 0.174 e. The Labute approximate surface area is 110 Å². The first-order valence-electron chi connectivity index (χ1n) is 5.89. The van der Waals surface area contributed by atoms with Crippen LogP contribution in [-0.2, 0) is 11.8 Å². The Morgan fingerprint density at radius 1 is 1.56 bits per heavy atom. The van der Waals surface area contributed by atoms with Crippen LogP contribution in [0.2, 0.25) is 0 Å². The van der Waals surface area contributed by atoms with Crippen molar-refractivity contribution in [1.82, 2.24) is 9.78 Å². The molecule has 18 heavy (non-hydrogen) atoms. The molecule has 1 fully saturated rings. The number of aromatic nitrogens is 2. The Balaban J connectivity index is 2.25. The molecule has 3 N–H and O–H groups in total. The van der Waals surface area contributed by atoms with Crippen LogP contribution >= 0.6 is 11.8 Å². The van der Waals surface area contributed by atoms with E-state index in [4.69, 9.17) is 15.7 Å². The van der Waals surface area contributed by atoms with Crippen LogP contribution in [0.5, 0.6) is 0 Å². The molecule has 100 valence electrons. The lowest BCUT2D eigenvalue weighted by molar-refractivity contribution is 0.1000. The fourth-order valence-corrected chi connectivity index (χ4v) is 3.38. The predicted octanol–water partition coefficient (Wildman–Crippen LogP) is 1.09. The summed E-state index contributed by atoms with van der Waals surface area (Å²) in [6.45, 7) is 3.46. The van der Waals surface area contributed by atoms with Crippen LogP contribution in [-0.4, -0.2) is 39.3 Å². The topological polar surface area (TPSA) is 85.7 Å². The summed E-state index contributed by atoms with van der Waals surface area (Å²) in [6, 6.07) is 0. The van der Waals surface area contributed by atoms with Gasteiger partial charge in [0.05, 0.1) is 11.3 Å². The van der Waals surface area contributed by atoms with Crippen LogP contribution in [0.15, 0.2) is 10.2 Å². The van der Waals surface area contributed by atoms with Crippen molar-refractivity contribution in [2.45, 2.75) is 30.0 Å². The van der Waals surface area contributed by atoms with E-state index in [2.05, 4.69) is 10.3 Å². The minimum absolute atomic E-state index is 0.121. The summed E-state index contributed by atoms with van der Waals surface area (Å²) in [5.41, 5.74) is 7.24. The maximum atomic E-state index is 8.85. The Kier molecular flexibility index (Phi) is 4.13. The Hall–Kier alpha value is -1.21. The third-order valence-electron chi connectivity index (χ3n) is 2.98. The number of thioether (sulfide) groups is 1. The lowest BCUT2D eigenvalue weighted by Crippen LogP contribution is -2.19. The van der Waals surface area contributed by atoms with Gasteiger partial charge in [-0.25, -0.2) is 0 Å². The normalized spacial score (nSPS) is 18.2. The van der Waals surface area contributed by atoms with Crippen molar-refractivity contribution in [2.24, 2.45) is 17.9 Å². The number of amidine groups is 1. The third kappa shape index (κ3) is 2.62. The molecule has 1 aromatic rings. The van der Waals surface area contributed by atoms with Gasteiger partial charge < -0.3 is 15.7 Å². The summed E-state index contributed by atoms with van der Waals surface area (Å²) < 4.78 is 7.14. The van der Waals surface area contributed by atoms with E-state index in [9.17, 15) is 0 Å². The monoisotopic (exact) mass is 270 g/mol. The first-order valence-corrected chi connectivity index (χ1v) is 6.77. The minimum Gasteiger partial charge on any atom is -0.409 e. The number of nitrogens with two attached hydrogens (primary N) is 1. The van der Waals surface area contributed by atoms with Crippen LogP contribution in [0.4, 0.5) is 0 Å². The van der Waals surface area contributed by atoms with E-state index in [-0.39, 0.29) is 5.84 Å². The zero-order valence-electron chi connectivity index (χ0n) is 10.6. The van der Waals surface area contributed by atoms with Crippen molar-refractivity contribution < 1.29 is 9.94 Å². The summed E-state index contributed by atoms with van der Waals surface area (Å²) in [5, 5.41) is 17.7. The third-order valence-corrected chi connectivity index (χ3v) is 4.48. The van der Waals surface area contributed by atoms with Crippen molar-refractivity contribution in [3.05, 3.63) is 11.3 Å². The standard InChI is InChI=1S/C11H18N4O2S/c1-7-9(10(12)14-16)11(15(2)13-7)18-8-3-5-17-6-4-8/h8,16H,3-6H2,1-2H3,(H2,12,14). The number of aryl methyl sites for hydroxylation is 2. The van der Waals surface area contributed by atoms with Gasteiger partial charge in [0.1, 0.15) is 5.03 Å². The number of rotatable bonds is 3. The molecule has 0 aliphatic carbocycles. The van der Waals surface area contributed by atoms with E-state index < -0.39 is 0 Å². The van der Waals surface area contributed by atoms with Crippen LogP contribution in [0, 0.1) is 6.92 Å². The first kappa shape index (κ1) is 13.2. The van der Waals surface area contributed by atoms with Crippen molar-refractivity contribution in [2.75, 3.05) is 13.2 Å². The average Bonchev–Trinajstić information content (AvgIpc) is 2.65. The first-order chi connectivity index (χ1) is 8.63. The van der Waals surface area contributed by atoms with E-state index in [0.29, 0.717) is 5.25 Å². The van der Waals surface area contributed by atoms with Crippen molar-refractivity contribution in [3.63, 3.8) is 0 Å². The fraction of sp³-hybridized carbons (Fsp3) is 0.636. The molecule has 2 heterocycles. The Morgan fingerprint density at radius 2 is 2.22 bits per heavy atom. The second-order valence-electron chi connectivity index (χ2n) is 4.30. The molecule has 7 heteroatoms. The van der Waals surface area contributed by atoms with Gasteiger partial charge in [-0.1, -0.05) is 5.16 Å². The molecule has 1 saturated heterocycles. The Morgan fingerprint density at radius 3 is 2.83 bits per heavy atom. The summed E-state index contributed by atoms with van der Waals surface area (Å²) in [6.07, 6.45) is 2.04. The van der Waals surface area contributed by atoms with Gasteiger partial charge in [-0.15, -0.1) is 11.8 Å². The molecule has 6 nitrogen and oxygen atoms in total. The number of oxime groups is 1. The molecule has 0 unspecified atom stereocenters. The van der Waals surface area contributed by atoms with E-state index in [1.54, 1.807) is 16.4 Å². The van der Waals surface area contributed by atoms with Crippen molar-refractivity contribution in [3.8, 4) is 0 Å². The molecule has 1 aromatic heterocycles. The van der Waals surface area contributed by atoms with Gasteiger partial charge >= 0.3 is 0 Å². The number of nitrogens with zero attached hydrogens (tertiary/aromatic N) is 3. The SMILES string of the molecule is Cc1nn(C)c(SC2CCOCC2)c1C(N)=NO. The molecule has 0 radical (unpaired) electrons. The molecule has 1 aliphatic heterocycles. The summed E-state index contributed by atoms with van der Waals surface area (Å²) in [5.74, 6) is 0.121. The highest BCUT2D eigenvalue weighted by molar-refractivity contribution is 8.00. The van der Waals surface area contributed by atoms with Gasteiger partial charge in [-0.05, 0) is 19.8 Å². The number of ether oxygens (including phenoxy) is 1. The minimum atomic E-state index is 0.121. The number of hydrogen-bond acceptors (Lipinski definition) is 5. The van der Waals surface area contributed by atoms with Crippen molar-refractivity contribution in [1.29, 1.82) is 0 Å². The zero-order valence-corrected chi connectivity index (χ0v) is 11.4. The van der Waals surface area contributed by atoms with Crippen molar-refractivity contribution >= 4 is 17.6 Å². The van der Waals surface area contributed by atoms with E-state index >= 15 is 0 Å². The summed E-state index contributed by atoms with van der Waals surface area (Å²) in [7, 11) is 1.88. The van der Waals surface area contributed by atoms with Gasteiger partial charge in [-0.3, -0.25) is 4.68 Å². The molecule has 0 amide bonds. The number of hydrogen-bond donors (Lipinski definition) is 2. The lowest BCUT2D eigenvalue weighted by Gasteiger charge is -2.21. The predicted molar refractivity (Wildman–Crippen MR) is 70.2 cm³/mol. The highest BCUT2D eigenvalue weighted by atomic mass is 32.2. The van der Waals surface area contributed by atoms with E-state index in [1.165, 1.54) is 0 Å². The molecule has 0 atom stereocenters. The molecule has 1 aliphatic rings. The highest BCUT2D eigenvalue weighted by Gasteiger charge is 2.22. The van der Waals surface area contributed by atoms with Crippen LogP contribution in [0.3, 0.4) is 0 Å². The van der Waals surface area contributed by atoms with Gasteiger partial charge in [0.2, 0.25) is 0 Å². The largest absolute Gasteiger partial charge is 0.409 e. The molecule has 0 saturated carbocycles. The second kappa shape index (κ2) is 5.62. The lowest BCUT2D eigenvalue weighted by atomic mass is 10.2. The van der Waals surface area contributed by atoms with E-state index in [0.717, 1.165) is 42.3 Å².